The maximum absolute atomic E-state index is 14.1. The van der Waals surface area contributed by atoms with E-state index in [4.69, 9.17) is 15.2 Å². The van der Waals surface area contributed by atoms with Crippen molar-refractivity contribution in [1.29, 1.82) is 0 Å². The summed E-state index contributed by atoms with van der Waals surface area (Å²) in [7, 11) is 1.69. The van der Waals surface area contributed by atoms with Gasteiger partial charge < -0.3 is 25.2 Å². The van der Waals surface area contributed by atoms with Gasteiger partial charge in [-0.05, 0) is 41.5 Å². The Bertz CT molecular complexity index is 1350. The van der Waals surface area contributed by atoms with Crippen LogP contribution >= 0.6 is 11.8 Å². The van der Waals surface area contributed by atoms with Crippen molar-refractivity contribution >= 4 is 34.4 Å². The monoisotopic (exact) mass is 624 g/mol. The third kappa shape index (κ3) is 7.69. The molecule has 1 atom stereocenters. The number of aliphatic imine (C=N–C) groups is 1. The number of para-hydroxylation sites is 2. The van der Waals surface area contributed by atoms with Gasteiger partial charge >= 0.3 is 5.97 Å². The Morgan fingerprint density at radius 2 is 1.64 bits per heavy atom. The van der Waals surface area contributed by atoms with E-state index in [0.29, 0.717) is 23.1 Å². The fraction of sp³-hybridized carbons (Fsp3) is 0.559. The van der Waals surface area contributed by atoms with Gasteiger partial charge in [-0.15, -0.1) is 0 Å². The predicted octanol–water partition coefficient (Wildman–Crippen LogP) is 5.12. The molecule has 2 heterocycles. The van der Waals surface area contributed by atoms with Crippen LogP contribution in [0.4, 0.5) is 5.69 Å². The number of aromatic hydroxyl groups is 1. The fourth-order valence-corrected chi connectivity index (χ4v) is 6.72. The molecule has 10 heteroatoms. The summed E-state index contributed by atoms with van der Waals surface area (Å²) in [5.74, 6) is 0.584. The van der Waals surface area contributed by atoms with Crippen LogP contribution in [0.5, 0.6) is 11.5 Å². The zero-order valence-electron chi connectivity index (χ0n) is 27.2. The van der Waals surface area contributed by atoms with Crippen molar-refractivity contribution in [2.75, 3.05) is 57.1 Å². The van der Waals surface area contributed by atoms with E-state index in [1.54, 1.807) is 19.2 Å². The van der Waals surface area contributed by atoms with Gasteiger partial charge in [0, 0.05) is 55.2 Å². The second-order valence-corrected chi connectivity index (χ2v) is 14.8. The number of benzene rings is 2. The van der Waals surface area contributed by atoms with Gasteiger partial charge in [0.05, 0.1) is 25.8 Å². The van der Waals surface area contributed by atoms with Crippen LogP contribution in [0, 0.1) is 0 Å². The maximum Gasteiger partial charge on any atom is 0.308 e. The molecular formula is C34H48N4O5S. The number of hydrogen-bond donors (Lipinski definition) is 2. The number of amidine groups is 1. The summed E-state index contributed by atoms with van der Waals surface area (Å²) in [4.78, 5) is 36.5. The van der Waals surface area contributed by atoms with E-state index >= 15 is 0 Å². The lowest BCUT2D eigenvalue weighted by Crippen LogP contribution is -2.46. The molecule has 2 aliphatic rings. The van der Waals surface area contributed by atoms with Gasteiger partial charge in [0.2, 0.25) is 0 Å². The van der Waals surface area contributed by atoms with Gasteiger partial charge in [0.15, 0.2) is 11.0 Å². The highest BCUT2D eigenvalue weighted by Gasteiger charge is 2.46. The number of piperazine rings is 1. The number of nitrogens with zero attached hydrogens (tertiary/aromatic N) is 3. The number of phenolic OH excluding ortho intramolecular Hbond substituents is 1. The molecule has 1 unspecified atom stereocenters. The Balaban J connectivity index is 1.37. The number of thioether (sulfide) groups is 1. The second kappa shape index (κ2) is 13.4. The van der Waals surface area contributed by atoms with Crippen LogP contribution in [0.2, 0.25) is 0 Å². The van der Waals surface area contributed by atoms with Gasteiger partial charge in [-0.3, -0.25) is 14.5 Å². The van der Waals surface area contributed by atoms with Gasteiger partial charge in [-0.2, -0.15) is 0 Å². The predicted molar refractivity (Wildman–Crippen MR) is 178 cm³/mol. The molecule has 0 radical (unpaired) electrons. The van der Waals surface area contributed by atoms with E-state index in [0.717, 1.165) is 44.2 Å². The van der Waals surface area contributed by atoms with Crippen LogP contribution in [0.3, 0.4) is 0 Å². The van der Waals surface area contributed by atoms with Gasteiger partial charge in [0.1, 0.15) is 17.0 Å². The van der Waals surface area contributed by atoms with E-state index in [1.165, 1.54) is 11.8 Å². The van der Waals surface area contributed by atoms with Crippen molar-refractivity contribution in [3.8, 4) is 11.5 Å². The number of ether oxygens (including phenoxy) is 2. The van der Waals surface area contributed by atoms with Crippen molar-refractivity contribution in [1.82, 2.24) is 4.90 Å². The highest BCUT2D eigenvalue weighted by atomic mass is 32.2. The van der Waals surface area contributed by atoms with Gasteiger partial charge in [-0.25, -0.2) is 4.99 Å². The summed E-state index contributed by atoms with van der Waals surface area (Å²) >= 11 is 1.27. The third-order valence-electron chi connectivity index (χ3n) is 8.31. The van der Waals surface area contributed by atoms with Crippen LogP contribution < -0.4 is 15.4 Å². The molecule has 0 saturated carbocycles. The third-order valence-corrected chi connectivity index (χ3v) is 9.32. The second-order valence-electron chi connectivity index (χ2n) is 13.8. The lowest BCUT2D eigenvalue weighted by atomic mass is 9.76. The highest BCUT2D eigenvalue weighted by molar-refractivity contribution is 8.14. The Hall–Kier alpha value is -3.24. The zero-order chi connectivity index (χ0) is 32.3. The van der Waals surface area contributed by atoms with Crippen LogP contribution in [0.15, 0.2) is 41.4 Å². The molecule has 2 aromatic carbocycles. The Morgan fingerprint density at radius 3 is 2.18 bits per heavy atom. The molecule has 9 nitrogen and oxygen atoms in total. The molecule has 0 bridgehead atoms. The lowest BCUT2D eigenvalue weighted by molar-refractivity contribution is -0.144. The molecule has 2 aromatic rings. The molecule has 0 aromatic heterocycles. The maximum atomic E-state index is 14.1. The molecule has 4 rings (SSSR count). The smallest absolute Gasteiger partial charge is 0.308 e. The van der Waals surface area contributed by atoms with Crippen LogP contribution in [0.25, 0.3) is 0 Å². The molecule has 3 N–H and O–H groups in total. The number of anilines is 1. The van der Waals surface area contributed by atoms with Crippen LogP contribution in [0.1, 0.15) is 75.9 Å². The number of esters is 1. The highest BCUT2D eigenvalue weighted by Crippen LogP contribution is 2.42. The lowest BCUT2D eigenvalue weighted by Gasteiger charge is -2.36. The number of phenols is 1. The molecule has 1 fully saturated rings. The first-order valence-electron chi connectivity index (χ1n) is 15.3. The zero-order valence-corrected chi connectivity index (χ0v) is 28.1. The minimum atomic E-state index is -1.35. The van der Waals surface area contributed by atoms with E-state index in [2.05, 4.69) is 20.9 Å². The summed E-state index contributed by atoms with van der Waals surface area (Å²) in [5, 5.41) is 11.4. The number of carbonyl (C=O) groups is 2. The Morgan fingerprint density at radius 1 is 1.02 bits per heavy atom. The minimum absolute atomic E-state index is 0.187. The van der Waals surface area contributed by atoms with E-state index in [9.17, 15) is 14.7 Å². The average Bonchev–Trinajstić information content (AvgIpc) is 3.35. The number of methoxy groups -OCH3 is 1. The Kier molecular flexibility index (Phi) is 10.2. The average molecular weight is 625 g/mol. The van der Waals surface area contributed by atoms with Crippen LogP contribution in [-0.4, -0.2) is 84.7 Å². The van der Waals surface area contributed by atoms with Gasteiger partial charge in [0.25, 0.3) is 0 Å². The fourth-order valence-electron chi connectivity index (χ4n) is 5.80. The first kappa shape index (κ1) is 33.6. The molecule has 1 saturated heterocycles. The summed E-state index contributed by atoms with van der Waals surface area (Å²) < 4.78 is 11.2. The molecule has 240 valence electrons. The largest absolute Gasteiger partial charge is 0.507 e. The summed E-state index contributed by atoms with van der Waals surface area (Å²) in [5.41, 5.74) is 6.77. The van der Waals surface area contributed by atoms with Crippen LogP contribution in [-0.2, 0) is 20.4 Å². The first-order valence-corrected chi connectivity index (χ1v) is 16.3. The molecule has 2 aliphatic heterocycles. The number of ketones is 1. The SMILES string of the molecule is COc1ccccc1N1CCN(CCCOC(=O)CC2(C(=O)c3cc(C(C)(C)C)c(O)c(C(C)(C)C)c3)CSC(N)=N2)CC1. The number of nitrogens with two attached hydrogens (primary N) is 1. The standard InChI is InChI=1S/C34H48N4O5S/c1-32(2,3)24-19-23(20-25(29(24)40)33(4,5)6)30(41)34(22-44-31(35)36-34)21-28(39)43-18-10-13-37-14-16-38(17-15-37)26-11-8-9-12-27(26)42-7/h8-9,11-12,19-20,40H,10,13-18,21-22H2,1-7H3,(H2,35,36). The van der Waals surface area contributed by atoms with Crippen molar-refractivity contribution in [2.24, 2.45) is 10.7 Å². The summed E-state index contributed by atoms with van der Waals surface area (Å²) in [6.07, 6.45) is 0.511. The van der Waals surface area contributed by atoms with Crippen molar-refractivity contribution in [2.45, 2.75) is 70.8 Å². The molecular weight excluding hydrogens is 576 g/mol. The summed E-state index contributed by atoms with van der Waals surface area (Å²) in [6, 6.07) is 11.5. The topological polar surface area (TPSA) is 118 Å². The van der Waals surface area contributed by atoms with Crippen molar-refractivity contribution < 1.29 is 24.2 Å². The van der Waals surface area contributed by atoms with Crippen molar-refractivity contribution in [3.05, 3.63) is 53.1 Å². The number of rotatable bonds is 10. The van der Waals surface area contributed by atoms with Crippen molar-refractivity contribution in [3.63, 3.8) is 0 Å². The van der Waals surface area contributed by atoms with E-state index < -0.39 is 22.3 Å². The normalized spacial score (nSPS) is 19.5. The molecule has 0 amide bonds. The van der Waals surface area contributed by atoms with E-state index in [-0.39, 0.29) is 35.5 Å². The van der Waals surface area contributed by atoms with Gasteiger partial charge in [-0.1, -0.05) is 65.4 Å². The summed E-state index contributed by atoms with van der Waals surface area (Å²) in [6.45, 7) is 16.7. The first-order chi connectivity index (χ1) is 20.6. The number of carbonyl (C=O) groups excluding carboxylic acids is 2. The number of Topliss-reactive ketones (excluding diaryl/α,β-unsaturated/α-hetero) is 1. The molecule has 44 heavy (non-hydrogen) atoms. The Labute approximate surface area is 266 Å². The number of hydrogen-bond acceptors (Lipinski definition) is 10. The van der Waals surface area contributed by atoms with E-state index in [1.807, 2.05) is 59.7 Å². The molecule has 0 aliphatic carbocycles. The minimum Gasteiger partial charge on any atom is -0.507 e. The quantitative estimate of drug-likeness (QED) is 0.211. The molecule has 0 spiro atoms.